The molecule has 0 atom stereocenters. The fraction of sp³-hybridized carbons (Fsp3) is 0.688. The highest BCUT2D eigenvalue weighted by Gasteiger charge is 2.34. The molecule has 2 heterocycles. The first-order valence-corrected chi connectivity index (χ1v) is 7.96. The van der Waals surface area contributed by atoms with Crippen molar-refractivity contribution in [3.8, 4) is 0 Å². The van der Waals surface area contributed by atoms with Gasteiger partial charge in [-0.05, 0) is 30.6 Å². The van der Waals surface area contributed by atoms with Crippen LogP contribution in [0.15, 0.2) is 12.5 Å². The lowest BCUT2D eigenvalue weighted by molar-refractivity contribution is 0.252. The second-order valence-corrected chi connectivity index (χ2v) is 6.89. The van der Waals surface area contributed by atoms with E-state index in [1.54, 1.807) is 11.0 Å². The van der Waals surface area contributed by atoms with Crippen molar-refractivity contribution in [1.82, 2.24) is 19.7 Å². The lowest BCUT2D eigenvalue weighted by Crippen LogP contribution is -2.28. The van der Waals surface area contributed by atoms with Gasteiger partial charge in [0.2, 0.25) is 0 Å². The van der Waals surface area contributed by atoms with Crippen LogP contribution in [0.1, 0.15) is 46.0 Å². The summed E-state index contributed by atoms with van der Waals surface area (Å²) in [5.74, 6) is 1.66. The topological polar surface area (TPSA) is 55.6 Å². The maximum absolute atomic E-state index is 4.42. The van der Waals surface area contributed by atoms with E-state index in [0.29, 0.717) is 5.41 Å². The normalized spacial score (nSPS) is 17.7. The molecule has 1 saturated carbocycles. The summed E-state index contributed by atoms with van der Waals surface area (Å²) in [6, 6.07) is 0. The van der Waals surface area contributed by atoms with Crippen LogP contribution < -0.4 is 5.32 Å². The van der Waals surface area contributed by atoms with Crippen LogP contribution in [0, 0.1) is 11.3 Å². The Hall–Kier alpha value is -1.65. The van der Waals surface area contributed by atoms with E-state index in [2.05, 4.69) is 34.2 Å². The molecule has 3 rings (SSSR count). The number of hydrogen-bond acceptors (Lipinski definition) is 4. The average Bonchev–Trinajstić information content (AvgIpc) is 3.05. The molecule has 2 aromatic heterocycles. The molecule has 2 aromatic rings. The van der Waals surface area contributed by atoms with Crippen LogP contribution in [0.3, 0.4) is 0 Å². The zero-order valence-electron chi connectivity index (χ0n) is 13.3. The third-order valence-electron chi connectivity index (χ3n) is 4.67. The van der Waals surface area contributed by atoms with Gasteiger partial charge in [-0.3, -0.25) is 4.68 Å². The van der Waals surface area contributed by atoms with Crippen LogP contribution in [-0.2, 0) is 7.05 Å². The quantitative estimate of drug-likeness (QED) is 0.916. The number of anilines is 1. The van der Waals surface area contributed by atoms with Gasteiger partial charge in [0.1, 0.15) is 12.1 Å². The van der Waals surface area contributed by atoms with Crippen molar-refractivity contribution >= 4 is 16.9 Å². The van der Waals surface area contributed by atoms with Crippen molar-refractivity contribution in [2.75, 3.05) is 11.9 Å². The van der Waals surface area contributed by atoms with Crippen molar-refractivity contribution in [1.29, 1.82) is 0 Å². The predicted molar refractivity (Wildman–Crippen MR) is 85.1 cm³/mol. The predicted octanol–water partition coefficient (Wildman–Crippen LogP) is 3.38. The molecule has 0 saturated heterocycles. The Labute approximate surface area is 126 Å². The molecule has 21 heavy (non-hydrogen) atoms. The Balaban J connectivity index is 1.79. The highest BCUT2D eigenvalue weighted by molar-refractivity contribution is 5.85. The van der Waals surface area contributed by atoms with Gasteiger partial charge in [-0.2, -0.15) is 5.10 Å². The monoisotopic (exact) mass is 287 g/mol. The fourth-order valence-corrected chi connectivity index (χ4v) is 3.82. The zero-order chi connectivity index (χ0) is 14.9. The van der Waals surface area contributed by atoms with E-state index in [-0.39, 0.29) is 0 Å². The highest BCUT2D eigenvalue weighted by Crippen LogP contribution is 2.43. The maximum Gasteiger partial charge on any atom is 0.163 e. The summed E-state index contributed by atoms with van der Waals surface area (Å²) in [6.45, 7) is 5.65. The van der Waals surface area contributed by atoms with Crippen LogP contribution in [0.2, 0.25) is 0 Å². The molecule has 0 spiro atoms. The number of aryl methyl sites for hydroxylation is 1. The average molecular weight is 287 g/mol. The van der Waals surface area contributed by atoms with E-state index < -0.39 is 0 Å². The molecule has 0 unspecified atom stereocenters. The summed E-state index contributed by atoms with van der Waals surface area (Å²) >= 11 is 0. The van der Waals surface area contributed by atoms with Crippen LogP contribution in [-0.4, -0.2) is 26.3 Å². The fourth-order valence-electron chi connectivity index (χ4n) is 3.82. The van der Waals surface area contributed by atoms with E-state index in [1.807, 2.05) is 13.2 Å². The third-order valence-corrected chi connectivity index (χ3v) is 4.67. The van der Waals surface area contributed by atoms with Crippen molar-refractivity contribution in [3.05, 3.63) is 12.5 Å². The van der Waals surface area contributed by atoms with Crippen LogP contribution in [0.5, 0.6) is 0 Å². The molecule has 1 fully saturated rings. The molecular formula is C16H25N5. The lowest BCUT2D eigenvalue weighted by atomic mass is 9.78. The van der Waals surface area contributed by atoms with Gasteiger partial charge in [-0.1, -0.05) is 26.7 Å². The molecule has 1 aliphatic rings. The minimum Gasteiger partial charge on any atom is -0.369 e. The Kier molecular flexibility index (Phi) is 3.83. The van der Waals surface area contributed by atoms with Gasteiger partial charge in [-0.15, -0.1) is 0 Å². The number of fused-ring (bicyclic) bond motifs is 1. The first kappa shape index (κ1) is 14.3. The van der Waals surface area contributed by atoms with Gasteiger partial charge in [0.05, 0.1) is 11.6 Å². The summed E-state index contributed by atoms with van der Waals surface area (Å²) in [4.78, 5) is 8.71. The highest BCUT2D eigenvalue weighted by atomic mass is 15.3. The van der Waals surface area contributed by atoms with E-state index in [1.165, 1.54) is 32.1 Å². The Morgan fingerprint density at radius 3 is 2.76 bits per heavy atom. The molecule has 0 bridgehead atoms. The maximum atomic E-state index is 4.42. The summed E-state index contributed by atoms with van der Waals surface area (Å²) in [5, 5.41) is 8.87. The first-order valence-electron chi connectivity index (χ1n) is 7.96. The van der Waals surface area contributed by atoms with Gasteiger partial charge in [0.25, 0.3) is 0 Å². The number of hydrogen-bond donors (Lipinski definition) is 1. The van der Waals surface area contributed by atoms with Crippen molar-refractivity contribution in [2.24, 2.45) is 18.4 Å². The Bertz CT molecular complexity index is 610. The number of nitrogens with one attached hydrogen (secondary N) is 1. The number of aromatic nitrogens is 4. The van der Waals surface area contributed by atoms with Crippen LogP contribution in [0.4, 0.5) is 5.82 Å². The minimum absolute atomic E-state index is 0.438. The summed E-state index contributed by atoms with van der Waals surface area (Å²) < 4.78 is 1.79. The zero-order valence-corrected chi connectivity index (χ0v) is 13.3. The summed E-state index contributed by atoms with van der Waals surface area (Å²) in [5.41, 5.74) is 1.32. The molecule has 1 N–H and O–H groups in total. The first-order chi connectivity index (χ1) is 10.1. The molecule has 1 aliphatic carbocycles. The molecule has 0 aromatic carbocycles. The number of nitrogens with zero attached hydrogens (tertiary/aromatic N) is 4. The van der Waals surface area contributed by atoms with Crippen LogP contribution >= 0.6 is 0 Å². The Morgan fingerprint density at radius 1 is 1.29 bits per heavy atom. The standard InChI is InChI=1S/C16H25N5/c1-12(2)8-16(6-4-5-7-16)10-17-14-13-9-20-21(3)15(13)19-11-18-14/h9,11-12H,4-8,10H2,1-3H3,(H,17,18,19). The molecule has 5 nitrogen and oxygen atoms in total. The molecule has 5 heteroatoms. The van der Waals surface area contributed by atoms with Gasteiger partial charge >= 0.3 is 0 Å². The van der Waals surface area contributed by atoms with Crippen molar-refractivity contribution in [2.45, 2.75) is 46.0 Å². The van der Waals surface area contributed by atoms with Gasteiger partial charge < -0.3 is 5.32 Å². The third kappa shape index (κ3) is 2.87. The van der Waals surface area contributed by atoms with Gasteiger partial charge in [0.15, 0.2) is 5.65 Å². The second kappa shape index (κ2) is 5.62. The summed E-state index contributed by atoms with van der Waals surface area (Å²) in [7, 11) is 1.91. The smallest absolute Gasteiger partial charge is 0.163 e. The summed E-state index contributed by atoms with van der Waals surface area (Å²) in [6.07, 6.45) is 10.2. The van der Waals surface area contributed by atoms with E-state index in [0.717, 1.165) is 29.3 Å². The van der Waals surface area contributed by atoms with Crippen LogP contribution in [0.25, 0.3) is 11.0 Å². The molecule has 0 aliphatic heterocycles. The molecule has 114 valence electrons. The molecule has 0 amide bonds. The lowest BCUT2D eigenvalue weighted by Gasteiger charge is -2.31. The molecular weight excluding hydrogens is 262 g/mol. The van der Waals surface area contributed by atoms with Crippen molar-refractivity contribution < 1.29 is 0 Å². The van der Waals surface area contributed by atoms with E-state index >= 15 is 0 Å². The van der Waals surface area contributed by atoms with Gasteiger partial charge in [0, 0.05) is 13.6 Å². The second-order valence-electron chi connectivity index (χ2n) is 6.89. The SMILES string of the molecule is CC(C)CC1(CNc2ncnc3c2cnn3C)CCCC1. The minimum atomic E-state index is 0.438. The Morgan fingerprint density at radius 2 is 2.05 bits per heavy atom. The van der Waals surface area contributed by atoms with Crippen molar-refractivity contribution in [3.63, 3.8) is 0 Å². The number of rotatable bonds is 5. The van der Waals surface area contributed by atoms with E-state index in [9.17, 15) is 0 Å². The van der Waals surface area contributed by atoms with E-state index in [4.69, 9.17) is 0 Å². The molecule has 0 radical (unpaired) electrons. The largest absolute Gasteiger partial charge is 0.369 e. The van der Waals surface area contributed by atoms with Gasteiger partial charge in [-0.25, -0.2) is 9.97 Å².